The van der Waals surface area contributed by atoms with Gasteiger partial charge in [0.15, 0.2) is 6.61 Å². The maximum atomic E-state index is 13.1. The van der Waals surface area contributed by atoms with E-state index in [1.165, 1.54) is 42.5 Å². The fourth-order valence-electron chi connectivity index (χ4n) is 1.99. The van der Waals surface area contributed by atoms with Crippen molar-refractivity contribution in [3.63, 3.8) is 0 Å². The molecule has 0 saturated heterocycles. The van der Waals surface area contributed by atoms with Crippen LogP contribution in [0.25, 0.3) is 0 Å². The first kappa shape index (κ1) is 19.9. The minimum Gasteiger partial charge on any atom is -0.484 e. The van der Waals surface area contributed by atoms with Crippen LogP contribution in [-0.4, -0.2) is 27.5 Å². The van der Waals surface area contributed by atoms with Crippen LogP contribution in [0.15, 0.2) is 53.4 Å². The molecule has 8 heteroatoms. The lowest BCUT2D eigenvalue weighted by Gasteiger charge is -2.10. The van der Waals surface area contributed by atoms with E-state index in [1.54, 1.807) is 6.07 Å². The van der Waals surface area contributed by atoms with Gasteiger partial charge in [0.1, 0.15) is 11.6 Å². The number of halogens is 1. The molecule has 0 fully saturated rings. The van der Waals surface area contributed by atoms with Crippen molar-refractivity contribution in [3.05, 3.63) is 54.3 Å². The van der Waals surface area contributed by atoms with E-state index in [0.717, 1.165) is 0 Å². The molecule has 0 saturated carbocycles. The van der Waals surface area contributed by atoms with Crippen LogP contribution in [0, 0.1) is 11.7 Å². The molecule has 1 amide bonds. The van der Waals surface area contributed by atoms with Gasteiger partial charge in [0.05, 0.1) is 4.90 Å². The van der Waals surface area contributed by atoms with Gasteiger partial charge in [-0.1, -0.05) is 19.9 Å². The van der Waals surface area contributed by atoms with E-state index >= 15 is 0 Å². The highest BCUT2D eigenvalue weighted by molar-refractivity contribution is 7.89. The van der Waals surface area contributed by atoms with Crippen molar-refractivity contribution < 1.29 is 22.3 Å². The zero-order chi connectivity index (χ0) is 19.2. The predicted octanol–water partition coefficient (Wildman–Crippen LogP) is 2.78. The summed E-state index contributed by atoms with van der Waals surface area (Å²) in [6, 6.07) is 11.3. The Morgan fingerprint density at radius 3 is 2.46 bits per heavy atom. The number of carbonyl (C=O) groups excluding carboxylic acids is 1. The van der Waals surface area contributed by atoms with Gasteiger partial charge >= 0.3 is 0 Å². The summed E-state index contributed by atoms with van der Waals surface area (Å²) in [6.07, 6.45) is 0. The van der Waals surface area contributed by atoms with E-state index < -0.39 is 21.7 Å². The molecular weight excluding hydrogens is 359 g/mol. The van der Waals surface area contributed by atoms with Crippen molar-refractivity contribution in [2.75, 3.05) is 18.5 Å². The molecule has 0 unspecified atom stereocenters. The third kappa shape index (κ3) is 6.12. The van der Waals surface area contributed by atoms with E-state index in [-0.39, 0.29) is 17.4 Å². The van der Waals surface area contributed by atoms with E-state index in [0.29, 0.717) is 18.0 Å². The SMILES string of the molecule is CC(C)CNS(=O)(=O)c1ccc(OCC(=O)Nc2cccc(F)c2)cc1. The number of anilines is 1. The summed E-state index contributed by atoms with van der Waals surface area (Å²) in [6.45, 7) is 3.89. The normalized spacial score (nSPS) is 11.4. The van der Waals surface area contributed by atoms with Gasteiger partial charge in [-0.3, -0.25) is 4.79 Å². The molecule has 6 nitrogen and oxygen atoms in total. The Balaban J connectivity index is 1.90. The Morgan fingerprint density at radius 2 is 1.85 bits per heavy atom. The van der Waals surface area contributed by atoms with E-state index in [9.17, 15) is 17.6 Å². The fourth-order valence-corrected chi connectivity index (χ4v) is 3.20. The summed E-state index contributed by atoms with van der Waals surface area (Å²) in [5, 5.41) is 2.51. The summed E-state index contributed by atoms with van der Waals surface area (Å²) in [5.74, 6) is -0.358. The molecule has 0 aliphatic heterocycles. The third-order valence-corrected chi connectivity index (χ3v) is 4.73. The number of hydrogen-bond acceptors (Lipinski definition) is 4. The number of carbonyl (C=O) groups is 1. The molecule has 2 rings (SSSR count). The second-order valence-electron chi connectivity index (χ2n) is 6.06. The summed E-state index contributed by atoms with van der Waals surface area (Å²) >= 11 is 0. The maximum Gasteiger partial charge on any atom is 0.262 e. The second kappa shape index (κ2) is 8.77. The zero-order valence-electron chi connectivity index (χ0n) is 14.5. The highest BCUT2D eigenvalue weighted by atomic mass is 32.2. The monoisotopic (exact) mass is 380 g/mol. The Bertz CT molecular complexity index is 852. The second-order valence-corrected chi connectivity index (χ2v) is 7.83. The first-order valence-electron chi connectivity index (χ1n) is 8.04. The topological polar surface area (TPSA) is 84.5 Å². The molecule has 26 heavy (non-hydrogen) atoms. The highest BCUT2D eigenvalue weighted by Crippen LogP contribution is 2.16. The fraction of sp³-hybridized carbons (Fsp3) is 0.278. The van der Waals surface area contributed by atoms with Crippen LogP contribution in [0.5, 0.6) is 5.75 Å². The lowest BCUT2D eigenvalue weighted by molar-refractivity contribution is -0.118. The summed E-state index contributed by atoms with van der Waals surface area (Å²) in [7, 11) is -3.57. The smallest absolute Gasteiger partial charge is 0.262 e. The van der Waals surface area contributed by atoms with Crippen molar-refractivity contribution in [1.82, 2.24) is 4.72 Å². The molecule has 2 aromatic rings. The Morgan fingerprint density at radius 1 is 1.15 bits per heavy atom. The van der Waals surface area contributed by atoms with E-state index in [1.807, 2.05) is 13.8 Å². The van der Waals surface area contributed by atoms with Crippen LogP contribution in [0.3, 0.4) is 0 Å². The summed E-state index contributed by atoms with van der Waals surface area (Å²) < 4.78 is 45.1. The van der Waals surface area contributed by atoms with Crippen LogP contribution in [0.1, 0.15) is 13.8 Å². The number of rotatable bonds is 8. The van der Waals surface area contributed by atoms with Gasteiger partial charge in [0.25, 0.3) is 5.91 Å². The number of ether oxygens (including phenoxy) is 1. The molecule has 0 spiro atoms. The number of hydrogen-bond donors (Lipinski definition) is 2. The van der Waals surface area contributed by atoms with Crippen LogP contribution in [0.2, 0.25) is 0 Å². The largest absolute Gasteiger partial charge is 0.484 e. The first-order chi connectivity index (χ1) is 12.3. The van der Waals surface area contributed by atoms with Crippen LogP contribution < -0.4 is 14.8 Å². The van der Waals surface area contributed by atoms with Gasteiger partial charge < -0.3 is 10.1 Å². The third-order valence-electron chi connectivity index (χ3n) is 3.29. The van der Waals surface area contributed by atoms with Gasteiger partial charge in [-0.15, -0.1) is 0 Å². The molecule has 0 aliphatic carbocycles. The molecule has 2 aromatic carbocycles. The molecule has 0 aromatic heterocycles. The predicted molar refractivity (Wildman–Crippen MR) is 97.0 cm³/mol. The lowest BCUT2D eigenvalue weighted by Crippen LogP contribution is -2.27. The van der Waals surface area contributed by atoms with Gasteiger partial charge in [-0.25, -0.2) is 17.5 Å². The van der Waals surface area contributed by atoms with Crippen molar-refractivity contribution in [2.45, 2.75) is 18.7 Å². The molecule has 0 aliphatic rings. The van der Waals surface area contributed by atoms with Gasteiger partial charge in [0.2, 0.25) is 10.0 Å². The molecule has 0 atom stereocenters. The standard InChI is InChI=1S/C18H21FN2O4S/c1-13(2)11-20-26(23,24)17-8-6-16(7-9-17)25-12-18(22)21-15-5-3-4-14(19)10-15/h3-10,13,20H,11-12H2,1-2H3,(H,21,22). The summed E-state index contributed by atoms with van der Waals surface area (Å²) in [4.78, 5) is 11.9. The number of amides is 1. The van der Waals surface area contributed by atoms with Gasteiger partial charge in [0, 0.05) is 12.2 Å². The number of nitrogens with one attached hydrogen (secondary N) is 2. The summed E-state index contributed by atoms with van der Waals surface area (Å²) in [5.41, 5.74) is 0.330. The minimum atomic E-state index is -3.57. The maximum absolute atomic E-state index is 13.1. The zero-order valence-corrected chi connectivity index (χ0v) is 15.3. The van der Waals surface area contributed by atoms with E-state index in [2.05, 4.69) is 10.0 Å². The molecule has 2 N–H and O–H groups in total. The van der Waals surface area contributed by atoms with Crippen molar-refractivity contribution >= 4 is 21.6 Å². The average molecular weight is 380 g/mol. The average Bonchev–Trinajstić information content (AvgIpc) is 2.59. The van der Waals surface area contributed by atoms with Crippen LogP contribution in [-0.2, 0) is 14.8 Å². The molecule has 140 valence electrons. The number of benzene rings is 2. The van der Waals surface area contributed by atoms with Crippen molar-refractivity contribution in [1.29, 1.82) is 0 Å². The quantitative estimate of drug-likeness (QED) is 0.738. The highest BCUT2D eigenvalue weighted by Gasteiger charge is 2.14. The van der Waals surface area contributed by atoms with Crippen LogP contribution >= 0.6 is 0 Å². The lowest BCUT2D eigenvalue weighted by atomic mass is 10.2. The van der Waals surface area contributed by atoms with Crippen molar-refractivity contribution in [2.24, 2.45) is 5.92 Å². The van der Waals surface area contributed by atoms with E-state index in [4.69, 9.17) is 4.74 Å². The first-order valence-corrected chi connectivity index (χ1v) is 9.52. The minimum absolute atomic E-state index is 0.120. The molecule has 0 radical (unpaired) electrons. The Kier molecular flexibility index (Phi) is 6.70. The number of sulfonamides is 1. The van der Waals surface area contributed by atoms with Gasteiger partial charge in [-0.05, 0) is 48.4 Å². The molecule has 0 bridgehead atoms. The van der Waals surface area contributed by atoms with Crippen molar-refractivity contribution in [3.8, 4) is 5.75 Å². The molecular formula is C18H21FN2O4S. The molecule has 0 heterocycles. The van der Waals surface area contributed by atoms with Gasteiger partial charge in [-0.2, -0.15) is 0 Å². The Hall–Kier alpha value is -2.45. The Labute approximate surface area is 152 Å². The van der Waals surface area contributed by atoms with Crippen LogP contribution in [0.4, 0.5) is 10.1 Å².